The van der Waals surface area contributed by atoms with Crippen LogP contribution in [0.15, 0.2) is 67.2 Å². The highest BCUT2D eigenvalue weighted by Gasteiger charge is 2.21. The van der Waals surface area contributed by atoms with E-state index in [0.717, 1.165) is 49.5 Å². The molecule has 0 bridgehead atoms. The van der Waals surface area contributed by atoms with E-state index in [0.29, 0.717) is 30.7 Å². The Kier molecular flexibility index (Phi) is 7.49. The highest BCUT2D eigenvalue weighted by molar-refractivity contribution is 5.59. The van der Waals surface area contributed by atoms with Crippen molar-refractivity contribution in [3.63, 3.8) is 0 Å². The van der Waals surface area contributed by atoms with E-state index in [2.05, 4.69) is 43.9 Å². The summed E-state index contributed by atoms with van der Waals surface area (Å²) in [7, 11) is 0. The summed E-state index contributed by atoms with van der Waals surface area (Å²) < 4.78 is 5.52. The lowest BCUT2D eigenvalue weighted by molar-refractivity contribution is 0.166. The third kappa shape index (κ3) is 6.27. The van der Waals surface area contributed by atoms with Gasteiger partial charge in [0.2, 0.25) is 5.95 Å². The summed E-state index contributed by atoms with van der Waals surface area (Å²) in [5, 5.41) is 12.9. The van der Waals surface area contributed by atoms with Crippen LogP contribution in [0.4, 0.5) is 11.6 Å². The van der Waals surface area contributed by atoms with Crippen LogP contribution in [0.25, 0.3) is 11.4 Å². The minimum Gasteiger partial charge on any atom is -0.513 e. The number of piperidine rings is 1. The predicted molar refractivity (Wildman–Crippen MR) is 129 cm³/mol. The van der Waals surface area contributed by atoms with Crippen LogP contribution >= 0.6 is 0 Å². The van der Waals surface area contributed by atoms with Gasteiger partial charge in [-0.15, -0.1) is 0 Å². The number of aromatic nitrogens is 3. The summed E-state index contributed by atoms with van der Waals surface area (Å²) in [6, 6.07) is 15.9. The second kappa shape index (κ2) is 10.9. The summed E-state index contributed by atoms with van der Waals surface area (Å²) >= 11 is 0. The number of anilines is 2. The monoisotopic (exact) mass is 446 g/mol. The summed E-state index contributed by atoms with van der Waals surface area (Å²) in [5.41, 5.74) is 8.49. The van der Waals surface area contributed by atoms with Gasteiger partial charge in [-0.25, -0.2) is 9.97 Å². The molecule has 0 amide bonds. The quantitative estimate of drug-likeness (QED) is 0.425. The SMILES string of the molecule is C=C(O)C1CCN(Cc2cccc(Nc3ncnc(-c4ccc(OCCN)cc4)n3)c2)CC1. The van der Waals surface area contributed by atoms with Crippen LogP contribution in [0.5, 0.6) is 5.75 Å². The Bertz CT molecular complexity index is 1060. The molecule has 0 saturated carbocycles. The Balaban J connectivity index is 1.39. The van der Waals surface area contributed by atoms with Crippen LogP contribution in [-0.2, 0) is 6.54 Å². The zero-order valence-corrected chi connectivity index (χ0v) is 18.7. The number of ether oxygens (including phenoxy) is 1. The van der Waals surface area contributed by atoms with Crippen LogP contribution in [0, 0.1) is 5.92 Å². The summed E-state index contributed by atoms with van der Waals surface area (Å²) in [5.74, 6) is 2.37. The van der Waals surface area contributed by atoms with E-state index in [4.69, 9.17) is 10.5 Å². The molecule has 0 aliphatic carbocycles. The molecule has 8 nitrogen and oxygen atoms in total. The van der Waals surface area contributed by atoms with Crippen LogP contribution in [-0.4, -0.2) is 51.2 Å². The van der Waals surface area contributed by atoms with Gasteiger partial charge in [0.15, 0.2) is 5.82 Å². The van der Waals surface area contributed by atoms with Gasteiger partial charge >= 0.3 is 0 Å². The van der Waals surface area contributed by atoms with Crippen molar-refractivity contribution in [1.29, 1.82) is 0 Å². The van der Waals surface area contributed by atoms with E-state index in [9.17, 15) is 5.11 Å². The molecule has 4 rings (SSSR count). The van der Waals surface area contributed by atoms with Crippen molar-refractivity contribution in [2.45, 2.75) is 19.4 Å². The third-order valence-electron chi connectivity index (χ3n) is 5.72. The number of nitrogens with one attached hydrogen (secondary N) is 1. The molecule has 1 saturated heterocycles. The number of aliphatic hydroxyl groups excluding tert-OH is 1. The van der Waals surface area contributed by atoms with E-state index in [-0.39, 0.29) is 5.92 Å². The predicted octanol–water partition coefficient (Wildman–Crippen LogP) is 3.90. The highest BCUT2D eigenvalue weighted by Crippen LogP contribution is 2.24. The van der Waals surface area contributed by atoms with Gasteiger partial charge < -0.3 is 20.9 Å². The fraction of sp³-hybridized carbons (Fsp3) is 0.320. The largest absolute Gasteiger partial charge is 0.513 e. The van der Waals surface area contributed by atoms with Gasteiger partial charge in [0.05, 0.1) is 5.76 Å². The summed E-state index contributed by atoms with van der Waals surface area (Å²) in [6.45, 7) is 7.41. The molecule has 1 aliphatic heterocycles. The number of nitrogens with two attached hydrogens (primary N) is 1. The van der Waals surface area contributed by atoms with Crippen molar-refractivity contribution in [2.75, 3.05) is 31.6 Å². The molecule has 1 fully saturated rings. The Hall–Kier alpha value is -3.49. The normalized spacial score (nSPS) is 14.7. The number of hydrogen-bond acceptors (Lipinski definition) is 8. The summed E-state index contributed by atoms with van der Waals surface area (Å²) in [6.07, 6.45) is 3.40. The lowest BCUT2D eigenvalue weighted by Gasteiger charge is -2.31. The minimum atomic E-state index is 0.224. The van der Waals surface area contributed by atoms with Gasteiger partial charge in [0.1, 0.15) is 18.7 Å². The number of hydrogen-bond donors (Lipinski definition) is 3. The van der Waals surface area contributed by atoms with E-state index in [1.54, 1.807) is 0 Å². The van der Waals surface area contributed by atoms with E-state index >= 15 is 0 Å². The van der Waals surface area contributed by atoms with Gasteiger partial charge in [-0.2, -0.15) is 4.98 Å². The van der Waals surface area contributed by atoms with Gasteiger partial charge in [0, 0.05) is 30.3 Å². The molecule has 1 aliphatic rings. The first-order chi connectivity index (χ1) is 16.1. The van der Waals surface area contributed by atoms with Crippen LogP contribution < -0.4 is 15.8 Å². The van der Waals surface area contributed by atoms with Crippen molar-refractivity contribution in [3.8, 4) is 17.1 Å². The molecule has 0 unspecified atom stereocenters. The maximum Gasteiger partial charge on any atom is 0.230 e. The second-order valence-corrected chi connectivity index (χ2v) is 8.16. The molecule has 1 aromatic heterocycles. The molecule has 2 aromatic carbocycles. The molecule has 2 heterocycles. The lowest BCUT2D eigenvalue weighted by Crippen LogP contribution is -2.33. The number of likely N-dealkylation sites (tertiary alicyclic amines) is 1. The molecule has 0 spiro atoms. The van der Waals surface area contributed by atoms with Gasteiger partial charge in [-0.3, -0.25) is 4.90 Å². The van der Waals surface area contributed by atoms with Crippen molar-refractivity contribution in [1.82, 2.24) is 19.9 Å². The number of aliphatic hydroxyl groups is 1. The fourth-order valence-corrected chi connectivity index (χ4v) is 3.93. The first kappa shape index (κ1) is 22.7. The maximum absolute atomic E-state index is 9.62. The zero-order chi connectivity index (χ0) is 23.0. The third-order valence-corrected chi connectivity index (χ3v) is 5.72. The zero-order valence-electron chi connectivity index (χ0n) is 18.7. The molecule has 33 heavy (non-hydrogen) atoms. The second-order valence-electron chi connectivity index (χ2n) is 8.16. The number of benzene rings is 2. The lowest BCUT2D eigenvalue weighted by atomic mass is 9.95. The molecule has 0 atom stereocenters. The summed E-state index contributed by atoms with van der Waals surface area (Å²) in [4.78, 5) is 15.5. The molecule has 4 N–H and O–H groups in total. The smallest absolute Gasteiger partial charge is 0.230 e. The fourth-order valence-electron chi connectivity index (χ4n) is 3.93. The standard InChI is InChI=1S/C25H30N6O2/c1-18(32)20-9-12-31(13-10-20)16-19-3-2-4-22(15-19)29-25-28-17-27-24(30-25)21-5-7-23(8-6-21)33-14-11-26/h2-8,15,17,20,32H,1,9-14,16,26H2,(H,27,28,29,30). The maximum atomic E-state index is 9.62. The Labute approximate surface area is 194 Å². The topological polar surface area (TPSA) is 109 Å². The number of nitrogens with zero attached hydrogens (tertiary/aromatic N) is 4. The number of rotatable bonds is 9. The van der Waals surface area contributed by atoms with Crippen LogP contribution in [0.3, 0.4) is 0 Å². The molecular formula is C25H30N6O2. The van der Waals surface area contributed by atoms with E-state index < -0.39 is 0 Å². The Morgan fingerprint density at radius 1 is 1.15 bits per heavy atom. The van der Waals surface area contributed by atoms with Crippen LogP contribution in [0.2, 0.25) is 0 Å². The molecular weight excluding hydrogens is 416 g/mol. The Morgan fingerprint density at radius 2 is 1.94 bits per heavy atom. The van der Waals surface area contributed by atoms with Crippen molar-refractivity contribution in [3.05, 3.63) is 72.8 Å². The van der Waals surface area contributed by atoms with Crippen molar-refractivity contribution < 1.29 is 9.84 Å². The molecule has 3 aromatic rings. The van der Waals surface area contributed by atoms with Crippen LogP contribution in [0.1, 0.15) is 18.4 Å². The average Bonchev–Trinajstić information content (AvgIpc) is 2.84. The minimum absolute atomic E-state index is 0.224. The highest BCUT2D eigenvalue weighted by atomic mass is 16.5. The van der Waals surface area contributed by atoms with Gasteiger partial charge in [-0.05, 0) is 67.9 Å². The molecule has 8 heteroatoms. The van der Waals surface area contributed by atoms with Gasteiger partial charge in [0.25, 0.3) is 0 Å². The van der Waals surface area contributed by atoms with E-state index in [1.807, 2.05) is 36.4 Å². The first-order valence-corrected chi connectivity index (χ1v) is 11.2. The average molecular weight is 447 g/mol. The Morgan fingerprint density at radius 3 is 2.67 bits per heavy atom. The molecule has 172 valence electrons. The van der Waals surface area contributed by atoms with Gasteiger partial charge in [-0.1, -0.05) is 18.7 Å². The van der Waals surface area contributed by atoms with Crippen molar-refractivity contribution >= 4 is 11.6 Å². The van der Waals surface area contributed by atoms with E-state index in [1.165, 1.54) is 11.9 Å². The first-order valence-electron chi connectivity index (χ1n) is 11.2. The number of allylic oxidation sites excluding steroid dienone is 1. The van der Waals surface area contributed by atoms with Crippen molar-refractivity contribution in [2.24, 2.45) is 11.7 Å². The molecule has 0 radical (unpaired) electrons.